The van der Waals surface area contributed by atoms with Crippen LogP contribution in [-0.4, -0.2) is 19.6 Å². The van der Waals surface area contributed by atoms with Crippen molar-refractivity contribution in [1.29, 1.82) is 0 Å². The lowest BCUT2D eigenvalue weighted by Gasteiger charge is -2.29. The van der Waals surface area contributed by atoms with Crippen molar-refractivity contribution in [1.82, 2.24) is 0 Å². The van der Waals surface area contributed by atoms with Crippen LogP contribution in [0.2, 0.25) is 0 Å². The van der Waals surface area contributed by atoms with Gasteiger partial charge in [0.1, 0.15) is 5.82 Å². The Morgan fingerprint density at radius 1 is 1.41 bits per heavy atom. The molecule has 1 aromatic carbocycles. The van der Waals surface area contributed by atoms with E-state index < -0.39 is 0 Å². The molecule has 2 N–H and O–H groups in total. The third-order valence-electron chi connectivity index (χ3n) is 3.20. The molecule has 3 heteroatoms. The first kappa shape index (κ1) is 14.0. The summed E-state index contributed by atoms with van der Waals surface area (Å²) in [6.07, 6.45) is 2.88. The van der Waals surface area contributed by atoms with Crippen LogP contribution < -0.4 is 10.6 Å². The molecule has 0 aliphatic rings. The number of anilines is 1. The van der Waals surface area contributed by atoms with Crippen LogP contribution >= 0.6 is 0 Å². The van der Waals surface area contributed by atoms with E-state index in [9.17, 15) is 4.39 Å². The summed E-state index contributed by atoms with van der Waals surface area (Å²) in [5.74, 6) is -0.151. The number of nitrogens with two attached hydrogens (primary N) is 1. The second kappa shape index (κ2) is 6.60. The van der Waals surface area contributed by atoms with E-state index in [4.69, 9.17) is 5.73 Å². The molecule has 0 bridgehead atoms. The molecule has 17 heavy (non-hydrogen) atoms. The van der Waals surface area contributed by atoms with Gasteiger partial charge in [0.05, 0.1) is 5.69 Å². The van der Waals surface area contributed by atoms with Gasteiger partial charge >= 0.3 is 0 Å². The highest BCUT2D eigenvalue weighted by molar-refractivity contribution is 5.55. The van der Waals surface area contributed by atoms with Crippen LogP contribution in [0.25, 0.3) is 0 Å². The monoisotopic (exact) mass is 238 g/mol. The second-order valence-electron chi connectivity index (χ2n) is 4.53. The molecule has 1 unspecified atom stereocenters. The maximum absolute atomic E-state index is 13.9. The number of benzene rings is 1. The van der Waals surface area contributed by atoms with Crippen LogP contribution in [-0.2, 0) is 6.42 Å². The Kier molecular flexibility index (Phi) is 5.42. The second-order valence-corrected chi connectivity index (χ2v) is 4.53. The molecular formula is C14H23FN2. The van der Waals surface area contributed by atoms with Gasteiger partial charge in [-0.1, -0.05) is 25.5 Å². The number of hydrogen-bond acceptors (Lipinski definition) is 2. The van der Waals surface area contributed by atoms with Gasteiger partial charge in [-0.2, -0.15) is 0 Å². The van der Waals surface area contributed by atoms with E-state index in [0.717, 1.165) is 24.8 Å². The van der Waals surface area contributed by atoms with Crippen LogP contribution in [0, 0.1) is 5.82 Å². The number of hydrogen-bond donors (Lipinski definition) is 1. The fraction of sp³-hybridized carbons (Fsp3) is 0.571. The summed E-state index contributed by atoms with van der Waals surface area (Å²) in [4.78, 5) is 2.03. The fourth-order valence-corrected chi connectivity index (χ4v) is 2.14. The summed E-state index contributed by atoms with van der Waals surface area (Å²) in [7, 11) is 1.96. The SMILES string of the molecule is CCCC(C)N(C)c1c(F)cccc1CCN. The molecule has 1 aromatic rings. The lowest BCUT2D eigenvalue weighted by Crippen LogP contribution is -2.30. The molecule has 96 valence electrons. The first-order valence-corrected chi connectivity index (χ1v) is 6.32. The largest absolute Gasteiger partial charge is 0.369 e. The van der Waals surface area contributed by atoms with Gasteiger partial charge in [0.25, 0.3) is 0 Å². The van der Waals surface area contributed by atoms with E-state index in [-0.39, 0.29) is 5.82 Å². The Morgan fingerprint density at radius 3 is 2.71 bits per heavy atom. The van der Waals surface area contributed by atoms with Crippen LogP contribution in [0.15, 0.2) is 18.2 Å². The summed E-state index contributed by atoms with van der Waals surface area (Å²) < 4.78 is 13.9. The first-order valence-electron chi connectivity index (χ1n) is 6.32. The quantitative estimate of drug-likeness (QED) is 0.825. The summed E-state index contributed by atoms with van der Waals surface area (Å²) in [5.41, 5.74) is 7.28. The maximum Gasteiger partial charge on any atom is 0.146 e. The maximum atomic E-state index is 13.9. The summed E-state index contributed by atoms with van der Waals surface area (Å²) >= 11 is 0. The molecular weight excluding hydrogens is 215 g/mol. The number of nitrogens with zero attached hydrogens (tertiary/aromatic N) is 1. The molecule has 0 heterocycles. The van der Waals surface area contributed by atoms with Gasteiger partial charge in [-0.3, -0.25) is 0 Å². The van der Waals surface area contributed by atoms with Crippen molar-refractivity contribution in [3.05, 3.63) is 29.6 Å². The normalized spacial score (nSPS) is 12.5. The highest BCUT2D eigenvalue weighted by Gasteiger charge is 2.16. The molecule has 0 spiro atoms. The zero-order chi connectivity index (χ0) is 12.8. The van der Waals surface area contributed by atoms with E-state index in [1.165, 1.54) is 6.07 Å². The molecule has 0 aromatic heterocycles. The minimum atomic E-state index is -0.151. The predicted molar refractivity (Wildman–Crippen MR) is 71.9 cm³/mol. The molecule has 0 saturated heterocycles. The van der Waals surface area contributed by atoms with Gasteiger partial charge in [0.15, 0.2) is 0 Å². The Bertz CT molecular complexity index is 352. The molecule has 1 atom stereocenters. The van der Waals surface area contributed by atoms with Crippen molar-refractivity contribution in [2.45, 2.75) is 39.2 Å². The van der Waals surface area contributed by atoms with Crippen molar-refractivity contribution in [2.75, 3.05) is 18.5 Å². The smallest absolute Gasteiger partial charge is 0.146 e. The Morgan fingerprint density at radius 2 is 2.12 bits per heavy atom. The van der Waals surface area contributed by atoms with Crippen molar-refractivity contribution in [3.8, 4) is 0 Å². The number of rotatable bonds is 6. The average Bonchev–Trinajstić information content (AvgIpc) is 2.29. The first-order chi connectivity index (χ1) is 8.11. The molecule has 2 nitrogen and oxygen atoms in total. The highest BCUT2D eigenvalue weighted by Crippen LogP contribution is 2.26. The fourth-order valence-electron chi connectivity index (χ4n) is 2.14. The summed E-state index contributed by atoms with van der Waals surface area (Å²) in [6, 6.07) is 5.57. The summed E-state index contributed by atoms with van der Waals surface area (Å²) in [5, 5.41) is 0. The van der Waals surface area contributed by atoms with Crippen molar-refractivity contribution in [2.24, 2.45) is 5.73 Å². The topological polar surface area (TPSA) is 29.3 Å². The minimum Gasteiger partial charge on any atom is -0.369 e. The van der Waals surface area contributed by atoms with E-state index >= 15 is 0 Å². The highest BCUT2D eigenvalue weighted by atomic mass is 19.1. The molecule has 0 fully saturated rings. The minimum absolute atomic E-state index is 0.151. The van der Waals surface area contributed by atoms with E-state index in [0.29, 0.717) is 18.3 Å². The van der Waals surface area contributed by atoms with Crippen molar-refractivity contribution >= 4 is 5.69 Å². The van der Waals surface area contributed by atoms with E-state index in [2.05, 4.69) is 13.8 Å². The van der Waals surface area contributed by atoms with Crippen LogP contribution in [0.1, 0.15) is 32.3 Å². The Hall–Kier alpha value is -1.09. The average molecular weight is 238 g/mol. The molecule has 1 rings (SSSR count). The Labute approximate surface area is 104 Å². The molecule has 0 aliphatic heterocycles. The van der Waals surface area contributed by atoms with Gasteiger partial charge < -0.3 is 10.6 Å². The molecule has 0 amide bonds. The lowest BCUT2D eigenvalue weighted by molar-refractivity contribution is 0.579. The van der Waals surface area contributed by atoms with Crippen LogP contribution in [0.3, 0.4) is 0 Å². The zero-order valence-corrected chi connectivity index (χ0v) is 11.0. The lowest BCUT2D eigenvalue weighted by atomic mass is 10.1. The van der Waals surface area contributed by atoms with E-state index in [1.807, 2.05) is 18.0 Å². The molecule has 0 radical (unpaired) electrons. The molecule has 0 aliphatic carbocycles. The number of para-hydroxylation sites is 1. The molecule has 0 saturated carbocycles. The van der Waals surface area contributed by atoms with E-state index in [1.54, 1.807) is 6.07 Å². The third-order valence-corrected chi connectivity index (χ3v) is 3.20. The van der Waals surface area contributed by atoms with Gasteiger partial charge in [-0.05, 0) is 37.9 Å². The zero-order valence-electron chi connectivity index (χ0n) is 11.0. The van der Waals surface area contributed by atoms with Gasteiger partial charge in [0, 0.05) is 13.1 Å². The third kappa shape index (κ3) is 3.43. The predicted octanol–water partition coefficient (Wildman–Crippen LogP) is 2.95. The van der Waals surface area contributed by atoms with Crippen molar-refractivity contribution < 1.29 is 4.39 Å². The van der Waals surface area contributed by atoms with Crippen LogP contribution in [0.4, 0.5) is 10.1 Å². The standard InChI is InChI=1S/C14H23FN2/c1-4-6-11(2)17(3)14-12(9-10-16)7-5-8-13(14)15/h5,7-8,11H,4,6,9-10,16H2,1-3H3. The Balaban J connectivity index is 3.01. The summed E-state index contributed by atoms with van der Waals surface area (Å²) in [6.45, 7) is 4.82. The van der Waals surface area contributed by atoms with Crippen LogP contribution in [0.5, 0.6) is 0 Å². The number of halogens is 1. The van der Waals surface area contributed by atoms with Crippen molar-refractivity contribution in [3.63, 3.8) is 0 Å². The van der Waals surface area contributed by atoms with Gasteiger partial charge in [-0.15, -0.1) is 0 Å². The van der Waals surface area contributed by atoms with Gasteiger partial charge in [0.2, 0.25) is 0 Å². The van der Waals surface area contributed by atoms with Gasteiger partial charge in [-0.25, -0.2) is 4.39 Å².